The van der Waals surface area contributed by atoms with Gasteiger partial charge in [0.25, 0.3) is 5.91 Å². The lowest BCUT2D eigenvalue weighted by Crippen LogP contribution is -2.49. The zero-order valence-corrected chi connectivity index (χ0v) is 18.9. The van der Waals surface area contributed by atoms with Crippen molar-refractivity contribution < 1.29 is 14.3 Å². The van der Waals surface area contributed by atoms with Crippen LogP contribution in [-0.2, 0) is 17.9 Å². The lowest BCUT2D eigenvalue weighted by atomic mass is 9.92. The number of nitrogens with zero attached hydrogens (tertiary/aromatic N) is 1. The first-order chi connectivity index (χ1) is 16.1. The minimum Gasteiger partial charge on any atom is -0.489 e. The first-order valence-electron chi connectivity index (χ1n) is 11.9. The third-order valence-electron chi connectivity index (χ3n) is 7.01. The molecule has 1 unspecified atom stereocenters. The molecule has 1 saturated carbocycles. The molecule has 0 aromatic heterocycles. The van der Waals surface area contributed by atoms with Crippen molar-refractivity contribution in [3.8, 4) is 5.75 Å². The molecular formula is C27H31N3O3. The summed E-state index contributed by atoms with van der Waals surface area (Å²) in [6.07, 6.45) is 5.89. The number of piperidine rings is 1. The fraction of sp³-hybridized carbons (Fsp3) is 0.407. The molecule has 1 aliphatic carbocycles. The van der Waals surface area contributed by atoms with Crippen LogP contribution in [0.25, 0.3) is 0 Å². The van der Waals surface area contributed by atoms with E-state index in [0.29, 0.717) is 31.0 Å². The Morgan fingerprint density at radius 2 is 1.88 bits per heavy atom. The van der Waals surface area contributed by atoms with E-state index in [4.69, 9.17) is 4.74 Å². The molecule has 0 radical (unpaired) electrons. The van der Waals surface area contributed by atoms with Crippen molar-refractivity contribution in [2.24, 2.45) is 0 Å². The Hall–Kier alpha value is -3.12. The molecule has 2 aliphatic heterocycles. The van der Waals surface area contributed by atoms with E-state index in [-0.39, 0.29) is 17.9 Å². The summed E-state index contributed by atoms with van der Waals surface area (Å²) in [4.78, 5) is 27.1. The van der Waals surface area contributed by atoms with Crippen molar-refractivity contribution >= 4 is 11.8 Å². The molecule has 6 nitrogen and oxygen atoms in total. The second kappa shape index (κ2) is 9.40. The van der Waals surface area contributed by atoms with Crippen LogP contribution in [0, 0.1) is 0 Å². The van der Waals surface area contributed by atoms with Crippen LogP contribution in [0.5, 0.6) is 5.75 Å². The third kappa shape index (κ3) is 4.67. The minimum atomic E-state index is -0.440. The molecule has 2 fully saturated rings. The van der Waals surface area contributed by atoms with Crippen LogP contribution in [0.4, 0.5) is 0 Å². The van der Waals surface area contributed by atoms with E-state index in [9.17, 15) is 9.59 Å². The van der Waals surface area contributed by atoms with E-state index in [1.807, 2.05) is 24.3 Å². The molecule has 0 bridgehead atoms. The molecule has 1 saturated heterocycles. The molecule has 3 aliphatic rings. The number of hydrogen-bond acceptors (Lipinski definition) is 4. The van der Waals surface area contributed by atoms with E-state index < -0.39 is 6.04 Å². The number of allylic oxidation sites excluding steroid dienone is 1. The molecule has 0 spiro atoms. The highest BCUT2D eigenvalue weighted by molar-refractivity contribution is 6.01. The van der Waals surface area contributed by atoms with Gasteiger partial charge in [-0.2, -0.15) is 0 Å². The van der Waals surface area contributed by atoms with Crippen molar-refractivity contribution in [1.29, 1.82) is 0 Å². The maximum absolute atomic E-state index is 13.0. The quantitative estimate of drug-likeness (QED) is 0.707. The van der Waals surface area contributed by atoms with Crippen LogP contribution in [0.1, 0.15) is 60.0 Å². The average molecular weight is 446 g/mol. The predicted octanol–water partition coefficient (Wildman–Crippen LogP) is 3.91. The van der Waals surface area contributed by atoms with Crippen molar-refractivity contribution in [2.75, 3.05) is 0 Å². The first-order valence-corrected chi connectivity index (χ1v) is 11.9. The van der Waals surface area contributed by atoms with Gasteiger partial charge in [-0.15, -0.1) is 0 Å². The summed E-state index contributed by atoms with van der Waals surface area (Å²) in [5.41, 5.74) is 3.59. The maximum Gasteiger partial charge on any atom is 0.255 e. The Kier molecular flexibility index (Phi) is 6.18. The summed E-state index contributed by atoms with van der Waals surface area (Å²) in [5, 5.41) is 6.48. The van der Waals surface area contributed by atoms with Crippen molar-refractivity contribution in [1.82, 2.24) is 15.5 Å². The van der Waals surface area contributed by atoms with E-state index >= 15 is 0 Å². The standard InChI is InChI=1S/C27H31N3O3/c1-18-11-14-24(26(31)29-18)30-17-20-15-21(12-13-22(20)27(30)32)33-25-10-6-5-9-23(25)28-16-19-7-3-2-4-8-19/h2-4,7-8,12-13,15,23-25,28H,1,5-6,9-11,14,16-17H2,(H,29,31)/t23-,24?,25-/m0/s1. The number of carbonyl (C=O) groups is 2. The smallest absolute Gasteiger partial charge is 0.255 e. The summed E-state index contributed by atoms with van der Waals surface area (Å²) in [5.74, 6) is 0.575. The van der Waals surface area contributed by atoms with Gasteiger partial charge in [0.1, 0.15) is 17.9 Å². The number of nitrogens with one attached hydrogen (secondary N) is 2. The minimum absolute atomic E-state index is 0.0794. The fourth-order valence-corrected chi connectivity index (χ4v) is 5.20. The summed E-state index contributed by atoms with van der Waals surface area (Å²) in [6.45, 7) is 5.10. The highest BCUT2D eigenvalue weighted by atomic mass is 16.5. The SMILES string of the molecule is C=C1CCC(N2Cc3cc(O[C@H]4CCCC[C@@H]4NCc4ccccc4)ccc3C2=O)C(=O)N1. The first kappa shape index (κ1) is 21.7. The zero-order chi connectivity index (χ0) is 22.8. The van der Waals surface area contributed by atoms with Gasteiger partial charge in [0, 0.05) is 30.4 Å². The number of carbonyl (C=O) groups excluding carboxylic acids is 2. The third-order valence-corrected chi connectivity index (χ3v) is 7.01. The largest absolute Gasteiger partial charge is 0.489 e. The van der Waals surface area contributed by atoms with Gasteiger partial charge >= 0.3 is 0 Å². The molecule has 2 heterocycles. The van der Waals surface area contributed by atoms with Crippen LogP contribution in [-0.4, -0.2) is 34.9 Å². The van der Waals surface area contributed by atoms with E-state index in [2.05, 4.69) is 41.5 Å². The molecule has 172 valence electrons. The van der Waals surface area contributed by atoms with Crippen LogP contribution in [0.2, 0.25) is 0 Å². The lowest BCUT2D eigenvalue weighted by molar-refractivity contribution is -0.126. The van der Waals surface area contributed by atoms with Crippen LogP contribution < -0.4 is 15.4 Å². The van der Waals surface area contributed by atoms with E-state index in [1.165, 1.54) is 12.0 Å². The molecule has 5 rings (SSSR count). The monoisotopic (exact) mass is 445 g/mol. The second-order valence-electron chi connectivity index (χ2n) is 9.31. The normalized spacial score (nSPS) is 25.0. The predicted molar refractivity (Wildman–Crippen MR) is 127 cm³/mol. The zero-order valence-electron chi connectivity index (χ0n) is 18.9. The Labute approximate surface area is 195 Å². The van der Waals surface area contributed by atoms with Gasteiger partial charge in [0.2, 0.25) is 5.91 Å². The van der Waals surface area contributed by atoms with Gasteiger partial charge in [0.15, 0.2) is 0 Å². The average Bonchev–Trinajstić information content (AvgIpc) is 3.14. The van der Waals surface area contributed by atoms with E-state index in [1.54, 1.807) is 4.90 Å². The van der Waals surface area contributed by atoms with Gasteiger partial charge in [-0.25, -0.2) is 0 Å². The molecule has 2 aromatic rings. The molecule has 33 heavy (non-hydrogen) atoms. The molecule has 6 heteroatoms. The van der Waals surface area contributed by atoms with Gasteiger partial charge < -0.3 is 20.3 Å². The lowest BCUT2D eigenvalue weighted by Gasteiger charge is -2.33. The van der Waals surface area contributed by atoms with Crippen molar-refractivity contribution in [2.45, 2.75) is 69.8 Å². The molecule has 2 N–H and O–H groups in total. The van der Waals surface area contributed by atoms with Crippen molar-refractivity contribution in [3.05, 3.63) is 77.5 Å². The topological polar surface area (TPSA) is 70.7 Å². The molecule has 2 amide bonds. The number of hydrogen-bond donors (Lipinski definition) is 2. The van der Waals surface area contributed by atoms with Gasteiger partial charge in [-0.05, 0) is 61.4 Å². The Bertz CT molecular complexity index is 1050. The van der Waals surface area contributed by atoms with Crippen LogP contribution in [0.15, 0.2) is 60.8 Å². The Morgan fingerprint density at radius 3 is 2.70 bits per heavy atom. The highest BCUT2D eigenvalue weighted by Gasteiger charge is 2.38. The summed E-state index contributed by atoms with van der Waals surface area (Å²) in [7, 11) is 0. The number of fused-ring (bicyclic) bond motifs is 1. The summed E-state index contributed by atoms with van der Waals surface area (Å²) < 4.78 is 6.45. The second-order valence-corrected chi connectivity index (χ2v) is 9.31. The van der Waals surface area contributed by atoms with Gasteiger partial charge in [-0.1, -0.05) is 43.3 Å². The van der Waals surface area contributed by atoms with Gasteiger partial charge in [-0.3, -0.25) is 9.59 Å². The number of ether oxygens (including phenoxy) is 1. The van der Waals surface area contributed by atoms with Crippen molar-refractivity contribution in [3.63, 3.8) is 0 Å². The fourth-order valence-electron chi connectivity index (χ4n) is 5.20. The Morgan fingerprint density at radius 1 is 1.06 bits per heavy atom. The molecule has 3 atom stereocenters. The number of amides is 2. The summed E-state index contributed by atoms with van der Waals surface area (Å²) in [6, 6.07) is 16.0. The Balaban J connectivity index is 1.25. The number of benzene rings is 2. The van der Waals surface area contributed by atoms with Crippen LogP contribution >= 0.6 is 0 Å². The number of rotatable bonds is 6. The summed E-state index contributed by atoms with van der Waals surface area (Å²) >= 11 is 0. The van der Waals surface area contributed by atoms with Crippen LogP contribution in [0.3, 0.4) is 0 Å². The highest BCUT2D eigenvalue weighted by Crippen LogP contribution is 2.32. The van der Waals surface area contributed by atoms with Gasteiger partial charge in [0.05, 0.1) is 0 Å². The van der Waals surface area contributed by atoms with E-state index in [0.717, 1.165) is 42.8 Å². The molecular weight excluding hydrogens is 414 g/mol. The maximum atomic E-state index is 13.0. The molecule has 2 aromatic carbocycles.